The molecule has 0 atom stereocenters. The van der Waals surface area contributed by atoms with Crippen molar-refractivity contribution in [1.82, 2.24) is 0 Å². The van der Waals surface area contributed by atoms with E-state index in [-0.39, 0.29) is 16.4 Å². The van der Waals surface area contributed by atoms with Gasteiger partial charge < -0.3 is 14.0 Å². The van der Waals surface area contributed by atoms with Crippen LogP contribution in [0.25, 0.3) is 11.1 Å². The van der Waals surface area contributed by atoms with Crippen molar-refractivity contribution in [2.45, 2.75) is 31.3 Å². The number of hydrogen-bond acceptors (Lipinski definition) is 5. The average Bonchev–Trinajstić information content (AvgIpc) is 2.60. The highest BCUT2D eigenvalue weighted by Crippen LogP contribution is 2.50. The van der Waals surface area contributed by atoms with Gasteiger partial charge in [0.05, 0.1) is 5.56 Å². The second-order valence-electron chi connectivity index (χ2n) is 7.47. The van der Waals surface area contributed by atoms with Crippen LogP contribution >= 0.6 is 0 Å². The van der Waals surface area contributed by atoms with Crippen LogP contribution in [0, 0.1) is 12.7 Å². The molecule has 0 amide bonds. The van der Waals surface area contributed by atoms with E-state index in [0.717, 1.165) is 41.0 Å². The first-order valence-corrected chi connectivity index (χ1v) is 10.4. The van der Waals surface area contributed by atoms with Crippen LogP contribution in [-0.2, 0) is 15.7 Å². The number of phenols is 1. The maximum Gasteiger partial charge on any atom is 0.339 e. The molecule has 3 aromatic rings. The molecule has 0 fully saturated rings. The summed E-state index contributed by atoms with van der Waals surface area (Å²) in [5, 5.41) is 10.6. The Morgan fingerprint density at radius 1 is 1.03 bits per heavy atom. The molecular weight excluding hydrogens is 395 g/mol. The SMILES string of the molecule is Cc1ccc2c(c1)-c1c(O)cc(OS(=O)(=O)c3ccc(F)cc3)cc1OC2(C)C. The van der Waals surface area contributed by atoms with E-state index in [0.29, 0.717) is 11.3 Å². The van der Waals surface area contributed by atoms with E-state index in [1.54, 1.807) is 0 Å². The summed E-state index contributed by atoms with van der Waals surface area (Å²) >= 11 is 0. The zero-order valence-corrected chi connectivity index (χ0v) is 16.9. The van der Waals surface area contributed by atoms with Crippen molar-refractivity contribution in [3.63, 3.8) is 0 Å². The number of aryl methyl sites for hydroxylation is 1. The normalized spacial score (nSPS) is 14.5. The molecule has 5 nitrogen and oxygen atoms in total. The molecular formula is C22H19FO5S. The molecule has 4 rings (SSSR count). The predicted molar refractivity (Wildman–Crippen MR) is 106 cm³/mol. The van der Waals surface area contributed by atoms with Crippen molar-refractivity contribution in [3.05, 3.63) is 71.5 Å². The van der Waals surface area contributed by atoms with Gasteiger partial charge in [-0.25, -0.2) is 4.39 Å². The zero-order valence-electron chi connectivity index (χ0n) is 16.1. The van der Waals surface area contributed by atoms with Gasteiger partial charge in [0.25, 0.3) is 0 Å². The summed E-state index contributed by atoms with van der Waals surface area (Å²) in [6.07, 6.45) is 0. The van der Waals surface area contributed by atoms with Crippen LogP contribution in [-0.4, -0.2) is 13.5 Å². The second kappa shape index (κ2) is 6.49. The van der Waals surface area contributed by atoms with Crippen molar-refractivity contribution >= 4 is 10.1 Å². The van der Waals surface area contributed by atoms with E-state index in [2.05, 4.69) is 0 Å². The van der Waals surface area contributed by atoms with Crippen molar-refractivity contribution in [1.29, 1.82) is 0 Å². The third-order valence-electron chi connectivity index (χ3n) is 4.82. The van der Waals surface area contributed by atoms with Gasteiger partial charge in [-0.05, 0) is 50.6 Å². The maximum atomic E-state index is 13.1. The molecule has 0 radical (unpaired) electrons. The Morgan fingerprint density at radius 2 is 1.72 bits per heavy atom. The fraction of sp³-hybridized carbons (Fsp3) is 0.182. The summed E-state index contributed by atoms with van der Waals surface area (Å²) in [6, 6.07) is 12.8. The topological polar surface area (TPSA) is 72.8 Å². The van der Waals surface area contributed by atoms with Crippen molar-refractivity contribution < 1.29 is 26.8 Å². The number of hydrogen-bond donors (Lipinski definition) is 1. The lowest BCUT2D eigenvalue weighted by molar-refractivity contribution is 0.105. The van der Waals surface area contributed by atoms with Crippen LogP contribution in [0.1, 0.15) is 25.0 Å². The average molecular weight is 414 g/mol. The number of halogens is 1. The minimum Gasteiger partial charge on any atom is -0.507 e. The lowest BCUT2D eigenvalue weighted by atomic mass is 9.85. The molecule has 0 saturated heterocycles. The van der Waals surface area contributed by atoms with Crippen molar-refractivity contribution in [2.24, 2.45) is 0 Å². The van der Waals surface area contributed by atoms with Gasteiger partial charge in [-0.1, -0.05) is 23.8 Å². The third kappa shape index (κ3) is 3.42. The molecule has 0 aliphatic carbocycles. The molecule has 0 bridgehead atoms. The molecule has 0 unspecified atom stereocenters. The summed E-state index contributed by atoms with van der Waals surface area (Å²) in [5.74, 6) is -0.496. The molecule has 7 heteroatoms. The van der Waals surface area contributed by atoms with Crippen LogP contribution in [0.5, 0.6) is 17.2 Å². The van der Waals surface area contributed by atoms with Crippen LogP contribution < -0.4 is 8.92 Å². The number of phenolic OH excluding ortho intramolecular Hbond substituents is 1. The van der Waals surface area contributed by atoms with Crippen LogP contribution in [0.4, 0.5) is 4.39 Å². The Kier molecular flexibility index (Phi) is 4.31. The monoisotopic (exact) mass is 414 g/mol. The van der Waals surface area contributed by atoms with E-state index in [4.69, 9.17) is 8.92 Å². The highest BCUT2D eigenvalue weighted by atomic mass is 32.2. The second-order valence-corrected chi connectivity index (χ2v) is 9.01. The molecule has 1 N–H and O–H groups in total. The Balaban J connectivity index is 1.79. The number of ether oxygens (including phenoxy) is 1. The van der Waals surface area contributed by atoms with Gasteiger partial charge in [-0.2, -0.15) is 8.42 Å². The van der Waals surface area contributed by atoms with Gasteiger partial charge >= 0.3 is 10.1 Å². The smallest absolute Gasteiger partial charge is 0.339 e. The Morgan fingerprint density at radius 3 is 2.41 bits per heavy atom. The number of fused-ring (bicyclic) bond motifs is 3. The van der Waals surface area contributed by atoms with Gasteiger partial charge in [-0.3, -0.25) is 0 Å². The molecule has 1 aliphatic heterocycles. The van der Waals surface area contributed by atoms with Crippen molar-refractivity contribution in [3.8, 4) is 28.4 Å². The van der Waals surface area contributed by atoms with E-state index in [1.165, 1.54) is 12.1 Å². The number of rotatable bonds is 3. The first-order valence-electron chi connectivity index (χ1n) is 8.94. The van der Waals surface area contributed by atoms with Gasteiger partial charge in [0.1, 0.15) is 33.6 Å². The highest BCUT2D eigenvalue weighted by Gasteiger charge is 2.35. The molecule has 0 aromatic heterocycles. The summed E-state index contributed by atoms with van der Waals surface area (Å²) in [6.45, 7) is 5.74. The molecule has 3 aromatic carbocycles. The van der Waals surface area contributed by atoms with Crippen molar-refractivity contribution in [2.75, 3.05) is 0 Å². The lowest BCUT2D eigenvalue weighted by Gasteiger charge is -2.35. The Bertz CT molecular complexity index is 1210. The first-order chi connectivity index (χ1) is 13.6. The first kappa shape index (κ1) is 19.3. The van der Waals surface area contributed by atoms with Crippen LogP contribution in [0.15, 0.2) is 59.5 Å². The van der Waals surface area contributed by atoms with Crippen LogP contribution in [0.3, 0.4) is 0 Å². The maximum absolute atomic E-state index is 13.1. The van der Waals surface area contributed by atoms with E-state index in [9.17, 15) is 17.9 Å². The third-order valence-corrected chi connectivity index (χ3v) is 6.08. The number of benzene rings is 3. The summed E-state index contributed by atoms with van der Waals surface area (Å²) in [5.41, 5.74) is 2.55. The van der Waals surface area contributed by atoms with E-state index < -0.39 is 21.5 Å². The fourth-order valence-corrected chi connectivity index (χ4v) is 4.39. The minimum atomic E-state index is -4.20. The van der Waals surface area contributed by atoms with E-state index in [1.807, 2.05) is 39.0 Å². The summed E-state index contributed by atoms with van der Waals surface area (Å²) < 4.78 is 49.3. The van der Waals surface area contributed by atoms with Gasteiger partial charge in [-0.15, -0.1) is 0 Å². The van der Waals surface area contributed by atoms with Crippen LogP contribution in [0.2, 0.25) is 0 Å². The lowest BCUT2D eigenvalue weighted by Crippen LogP contribution is -2.29. The Hall–Kier alpha value is -3.06. The van der Waals surface area contributed by atoms with Gasteiger partial charge in [0, 0.05) is 17.7 Å². The standard InChI is InChI=1S/C22H19FO5S/c1-13-4-9-18-17(10-13)21-19(24)11-15(12-20(21)27-22(18,2)3)28-29(25,26)16-7-5-14(23)6-8-16/h4-12,24H,1-3H3. The summed E-state index contributed by atoms with van der Waals surface area (Å²) in [7, 11) is -4.20. The van der Waals surface area contributed by atoms with E-state index >= 15 is 0 Å². The molecule has 29 heavy (non-hydrogen) atoms. The fourth-order valence-electron chi connectivity index (χ4n) is 3.47. The molecule has 0 spiro atoms. The quantitative estimate of drug-likeness (QED) is 0.617. The minimum absolute atomic E-state index is 0.0996. The molecule has 1 aliphatic rings. The Labute approximate surface area is 168 Å². The molecule has 1 heterocycles. The predicted octanol–water partition coefficient (Wildman–Crippen LogP) is 4.90. The largest absolute Gasteiger partial charge is 0.507 e. The molecule has 150 valence electrons. The zero-order chi connectivity index (χ0) is 21.0. The number of aromatic hydroxyl groups is 1. The van der Waals surface area contributed by atoms with Gasteiger partial charge in [0.2, 0.25) is 0 Å². The molecule has 0 saturated carbocycles. The highest BCUT2D eigenvalue weighted by molar-refractivity contribution is 7.87. The van der Waals surface area contributed by atoms with Gasteiger partial charge in [0.15, 0.2) is 0 Å². The summed E-state index contributed by atoms with van der Waals surface area (Å²) in [4.78, 5) is -0.196.